The average molecular weight is 514 g/mol. The monoisotopic (exact) mass is 513 g/mol. The van der Waals surface area contributed by atoms with Crippen LogP contribution in [-0.2, 0) is 11.3 Å². The molecule has 186 valence electrons. The van der Waals surface area contributed by atoms with Gasteiger partial charge in [-0.2, -0.15) is 5.10 Å². The van der Waals surface area contributed by atoms with E-state index in [1.807, 2.05) is 12.1 Å². The highest BCUT2D eigenvalue weighted by Crippen LogP contribution is 2.41. The molecule has 1 saturated carbocycles. The summed E-state index contributed by atoms with van der Waals surface area (Å²) in [6.45, 7) is 3.04. The minimum Gasteiger partial charge on any atom is -0.420 e. The second-order valence-corrected chi connectivity index (χ2v) is 9.60. The molecule has 1 aliphatic carbocycles. The molecule has 2 aromatic carbocycles. The maximum atomic E-state index is 13.2. The van der Waals surface area contributed by atoms with Gasteiger partial charge in [-0.1, -0.05) is 0 Å². The predicted molar refractivity (Wildman–Crippen MR) is 129 cm³/mol. The van der Waals surface area contributed by atoms with Gasteiger partial charge in [0.15, 0.2) is 0 Å². The molecule has 36 heavy (non-hydrogen) atoms. The van der Waals surface area contributed by atoms with Gasteiger partial charge in [0.05, 0.1) is 29.4 Å². The summed E-state index contributed by atoms with van der Waals surface area (Å²) in [4.78, 5) is 18.0. The van der Waals surface area contributed by atoms with Crippen LogP contribution in [0.25, 0.3) is 22.3 Å². The van der Waals surface area contributed by atoms with Crippen LogP contribution in [0.1, 0.15) is 53.6 Å². The van der Waals surface area contributed by atoms with Crippen LogP contribution in [0.2, 0.25) is 0 Å². The van der Waals surface area contributed by atoms with Crippen LogP contribution in [0.3, 0.4) is 0 Å². The molecule has 0 bridgehead atoms. The number of carbonyl (C=O) groups is 1. The van der Waals surface area contributed by atoms with Gasteiger partial charge in [0.25, 0.3) is 5.91 Å². The molecule has 6 rings (SSSR count). The summed E-state index contributed by atoms with van der Waals surface area (Å²) in [5.41, 5.74) is 1.23. The van der Waals surface area contributed by atoms with Gasteiger partial charge in [0.1, 0.15) is 18.2 Å². The number of rotatable bonds is 6. The molecule has 0 radical (unpaired) electrons. The summed E-state index contributed by atoms with van der Waals surface area (Å²) in [5.74, 6) is 0.808. The Kier molecular flexibility index (Phi) is 5.45. The number of imidazole rings is 1. The van der Waals surface area contributed by atoms with Gasteiger partial charge in [0.2, 0.25) is 0 Å². The maximum absolute atomic E-state index is 13.2. The first-order valence-electron chi connectivity index (χ1n) is 11.6. The molecule has 2 aromatic heterocycles. The zero-order valence-corrected chi connectivity index (χ0v) is 20.0. The molecular weight excluding hydrogens is 492 g/mol. The molecular formula is C25H22ClF2N5O3. The van der Waals surface area contributed by atoms with Gasteiger partial charge in [-0.05, 0) is 62.2 Å². The highest BCUT2D eigenvalue weighted by Gasteiger charge is 2.29. The first-order valence-corrected chi connectivity index (χ1v) is 12.0. The molecule has 0 saturated heterocycles. The lowest BCUT2D eigenvalue weighted by Crippen LogP contribution is -2.21. The van der Waals surface area contributed by atoms with Gasteiger partial charge in [-0.25, -0.2) is 4.98 Å². The number of anilines is 1. The van der Waals surface area contributed by atoms with Gasteiger partial charge < -0.3 is 19.4 Å². The van der Waals surface area contributed by atoms with Crippen LogP contribution in [0.5, 0.6) is 5.75 Å². The third kappa shape index (κ3) is 4.42. The highest BCUT2D eigenvalue weighted by atomic mass is 35.5. The molecule has 11 heteroatoms. The van der Waals surface area contributed by atoms with Gasteiger partial charge in [-0.3, -0.25) is 9.89 Å². The summed E-state index contributed by atoms with van der Waals surface area (Å²) in [6.07, 6.45) is 2.28. The number of fused-ring (bicyclic) bond motifs is 3. The van der Waals surface area contributed by atoms with E-state index in [0.29, 0.717) is 35.9 Å². The van der Waals surface area contributed by atoms with Gasteiger partial charge in [0, 0.05) is 40.0 Å². The van der Waals surface area contributed by atoms with Crippen molar-refractivity contribution in [1.82, 2.24) is 19.7 Å². The van der Waals surface area contributed by atoms with Crippen LogP contribution in [-0.4, -0.2) is 37.8 Å². The van der Waals surface area contributed by atoms with Crippen LogP contribution >= 0.6 is 11.6 Å². The summed E-state index contributed by atoms with van der Waals surface area (Å²) >= 11 is 4.81. The number of amides is 1. The van der Waals surface area contributed by atoms with Crippen LogP contribution in [0.4, 0.5) is 14.5 Å². The van der Waals surface area contributed by atoms with Crippen molar-refractivity contribution in [2.45, 2.75) is 43.9 Å². The highest BCUT2D eigenvalue weighted by molar-refractivity contribution is 6.20. The predicted octanol–water partition coefficient (Wildman–Crippen LogP) is 5.82. The fourth-order valence-electron chi connectivity index (χ4n) is 4.60. The van der Waals surface area contributed by atoms with Gasteiger partial charge >= 0.3 is 5.57 Å². The summed E-state index contributed by atoms with van der Waals surface area (Å²) in [7, 11) is 0. The Bertz CT molecular complexity index is 1460. The van der Waals surface area contributed by atoms with Crippen LogP contribution in [0.15, 0.2) is 42.5 Å². The minimum atomic E-state index is -3.81. The van der Waals surface area contributed by atoms with Crippen molar-refractivity contribution < 1.29 is 23.0 Å². The Hall–Kier alpha value is -3.50. The fraction of sp³-hybridized carbons (Fsp3) is 0.320. The number of aromatic amines is 1. The van der Waals surface area contributed by atoms with Crippen molar-refractivity contribution in [3.8, 4) is 17.0 Å². The molecule has 2 aliphatic rings. The van der Waals surface area contributed by atoms with E-state index >= 15 is 0 Å². The van der Waals surface area contributed by atoms with E-state index in [4.69, 9.17) is 21.3 Å². The van der Waals surface area contributed by atoms with Crippen LogP contribution in [0, 0.1) is 0 Å². The summed E-state index contributed by atoms with van der Waals surface area (Å²) in [5, 5.41) is 10.5. The summed E-state index contributed by atoms with van der Waals surface area (Å²) < 4.78 is 37.9. The number of hydrogen-bond acceptors (Lipinski definition) is 5. The molecule has 8 nitrogen and oxygen atoms in total. The molecule has 0 unspecified atom stereocenters. The molecule has 1 aliphatic heterocycles. The Morgan fingerprint density at radius 3 is 2.75 bits per heavy atom. The van der Waals surface area contributed by atoms with E-state index in [9.17, 15) is 13.6 Å². The molecule has 1 fully saturated rings. The molecule has 0 spiro atoms. The number of carbonyl (C=O) groups excluding carboxylic acids is 1. The Morgan fingerprint density at radius 2 is 2.03 bits per heavy atom. The first kappa shape index (κ1) is 22.9. The molecule has 1 atom stereocenters. The lowest BCUT2D eigenvalue weighted by Gasteiger charge is -2.23. The van der Waals surface area contributed by atoms with Crippen molar-refractivity contribution in [2.75, 3.05) is 11.9 Å². The third-order valence-electron chi connectivity index (χ3n) is 6.39. The van der Waals surface area contributed by atoms with Crippen molar-refractivity contribution in [2.24, 2.45) is 0 Å². The van der Waals surface area contributed by atoms with Crippen molar-refractivity contribution in [3.05, 3.63) is 59.5 Å². The first-order chi connectivity index (χ1) is 17.2. The number of aromatic nitrogens is 4. The number of nitrogens with one attached hydrogen (secondary N) is 2. The Labute approximate surface area is 209 Å². The van der Waals surface area contributed by atoms with Crippen LogP contribution < -0.4 is 10.1 Å². The molecule has 3 heterocycles. The second-order valence-electron chi connectivity index (χ2n) is 9.16. The van der Waals surface area contributed by atoms with Crippen molar-refractivity contribution >= 4 is 34.2 Å². The average Bonchev–Trinajstić information content (AvgIpc) is 3.42. The lowest BCUT2D eigenvalue weighted by atomic mass is 10.0. The number of nitrogens with zero attached hydrogens (tertiary/aromatic N) is 3. The number of ether oxygens (including phenoxy) is 2. The van der Waals surface area contributed by atoms with E-state index in [0.717, 1.165) is 41.1 Å². The van der Waals surface area contributed by atoms with E-state index in [2.05, 4.69) is 31.7 Å². The third-order valence-corrected chi connectivity index (χ3v) is 6.47. The molecule has 2 N–H and O–H groups in total. The zero-order valence-electron chi connectivity index (χ0n) is 19.2. The quantitative estimate of drug-likeness (QED) is 0.317. The summed E-state index contributed by atoms with van der Waals surface area (Å²) in [6, 6.07) is 11.2. The van der Waals surface area contributed by atoms with E-state index in [1.54, 1.807) is 6.07 Å². The zero-order chi connectivity index (χ0) is 25.0. The number of alkyl halides is 3. The Balaban J connectivity index is 1.37. The Morgan fingerprint density at radius 1 is 1.25 bits per heavy atom. The lowest BCUT2D eigenvalue weighted by molar-refractivity contribution is -0.0964. The molecule has 1 amide bonds. The topological polar surface area (TPSA) is 94.1 Å². The largest absolute Gasteiger partial charge is 0.487 e. The fourth-order valence-corrected chi connectivity index (χ4v) is 4.69. The van der Waals surface area contributed by atoms with E-state index in [1.165, 1.54) is 24.3 Å². The van der Waals surface area contributed by atoms with Crippen molar-refractivity contribution in [1.29, 1.82) is 0 Å². The van der Waals surface area contributed by atoms with Gasteiger partial charge in [-0.15, -0.1) is 8.78 Å². The SMILES string of the molecule is C[C@@H]1COCc2nc3cc(C(=O)Nc4ccc(OC(F)(F)Cl)cc4)cc(-c4cc(C5CC5)[nH]n4)c3n21. The number of benzene rings is 2. The normalized spacial score (nSPS) is 17.7. The number of hydrogen-bond donors (Lipinski definition) is 2. The second kappa shape index (κ2) is 8.56. The number of H-pyrrole nitrogens is 1. The maximum Gasteiger partial charge on any atom is 0.487 e. The van der Waals surface area contributed by atoms with Crippen molar-refractivity contribution in [3.63, 3.8) is 0 Å². The smallest absolute Gasteiger partial charge is 0.420 e. The number of halogens is 3. The molecule has 4 aromatic rings. The minimum absolute atomic E-state index is 0.0834. The van der Waals surface area contributed by atoms with E-state index < -0.39 is 5.57 Å². The standard InChI is InChI=1S/C25H22ClF2N5O3/c1-13-11-35-12-22-30-21-9-15(24(34)29-16-4-6-17(7-5-16)36-25(26,27)28)8-18(23(21)33(13)22)20-10-19(31-32-20)14-2-3-14/h4-10,13-14H,2-3,11-12H2,1H3,(H,29,34)(H,31,32)/t13-/m1/s1. The van der Waals surface area contributed by atoms with E-state index in [-0.39, 0.29) is 17.7 Å².